The van der Waals surface area contributed by atoms with E-state index >= 15 is 0 Å². The molecule has 2 saturated heterocycles. The van der Waals surface area contributed by atoms with E-state index in [1.807, 2.05) is 18.2 Å². The molecule has 0 radical (unpaired) electrons. The van der Waals surface area contributed by atoms with E-state index in [2.05, 4.69) is 89.5 Å². The molecule has 4 heterocycles. The van der Waals surface area contributed by atoms with Crippen molar-refractivity contribution in [2.75, 3.05) is 18.5 Å². The predicted octanol–water partition coefficient (Wildman–Crippen LogP) is 6.79. The van der Waals surface area contributed by atoms with Crippen LogP contribution in [0.2, 0.25) is 22.2 Å². The Labute approximate surface area is 290 Å². The zero-order valence-electron chi connectivity index (χ0n) is 29.7. The number of aromatic amines is 1. The maximum absolute atomic E-state index is 13.6. The summed E-state index contributed by atoms with van der Waals surface area (Å²) in [5.74, 6) is 1.25. The van der Waals surface area contributed by atoms with Crippen molar-refractivity contribution in [3.8, 4) is 5.75 Å². The predicted molar refractivity (Wildman–Crippen MR) is 194 cm³/mol. The van der Waals surface area contributed by atoms with Crippen molar-refractivity contribution in [3.63, 3.8) is 0 Å². The van der Waals surface area contributed by atoms with Crippen LogP contribution in [-0.4, -0.2) is 73.3 Å². The van der Waals surface area contributed by atoms with Crippen molar-refractivity contribution >= 4 is 51.7 Å². The van der Waals surface area contributed by atoms with Gasteiger partial charge in [-0.05, 0) is 40.2 Å². The van der Waals surface area contributed by atoms with Crippen LogP contribution in [0.5, 0.6) is 5.75 Å². The van der Waals surface area contributed by atoms with Crippen molar-refractivity contribution in [3.05, 3.63) is 47.0 Å². The summed E-state index contributed by atoms with van der Waals surface area (Å²) < 4.78 is 42.6. The molecule has 2 fully saturated rings. The number of nitrogens with one attached hydrogen (secondary N) is 2. The SMILES string of the molecule is CC(C)CNc1nc2ncn([C@@H]3O[C@@H]4CO[Si](C(C)C)(C(C)C)O[Si](C(C)C)(C(C)C)O[C@H]4[C@H]3OC(=S)Oc3ccccc3)c2c(=O)[nH]1. The van der Waals surface area contributed by atoms with Crippen LogP contribution in [0.25, 0.3) is 11.2 Å². The number of para-hydroxylation sites is 1. The maximum Gasteiger partial charge on any atom is 0.358 e. The van der Waals surface area contributed by atoms with Crippen molar-refractivity contribution in [2.24, 2.45) is 5.92 Å². The van der Waals surface area contributed by atoms with E-state index in [1.165, 1.54) is 0 Å². The summed E-state index contributed by atoms with van der Waals surface area (Å²) in [6.07, 6.45) is -1.39. The zero-order chi connectivity index (χ0) is 35.0. The highest BCUT2D eigenvalue weighted by Crippen LogP contribution is 2.49. The Bertz CT molecular complexity index is 1600. The molecule has 12 nitrogen and oxygen atoms in total. The number of thiocarbonyl (C=S) groups is 1. The van der Waals surface area contributed by atoms with Gasteiger partial charge in [-0.2, -0.15) is 4.98 Å². The number of hydrogen-bond donors (Lipinski definition) is 2. The summed E-state index contributed by atoms with van der Waals surface area (Å²) in [4.78, 5) is 25.5. The van der Waals surface area contributed by atoms with Gasteiger partial charge in [-0.15, -0.1) is 0 Å². The van der Waals surface area contributed by atoms with Gasteiger partial charge in [-0.3, -0.25) is 14.3 Å². The van der Waals surface area contributed by atoms with E-state index in [-0.39, 0.29) is 50.7 Å². The molecule has 1 aromatic carbocycles. The minimum Gasteiger partial charge on any atom is -0.446 e. The summed E-state index contributed by atoms with van der Waals surface area (Å²) >= 11 is 5.65. The quantitative estimate of drug-likeness (QED) is 0.170. The molecule has 2 N–H and O–H groups in total. The van der Waals surface area contributed by atoms with Gasteiger partial charge in [0.15, 0.2) is 23.5 Å². The third kappa shape index (κ3) is 7.13. The molecule has 0 unspecified atom stereocenters. The molecule has 0 bridgehead atoms. The molecule has 0 saturated carbocycles. The molecule has 5 rings (SSSR count). The Morgan fingerprint density at radius 3 is 2.27 bits per heavy atom. The Morgan fingerprint density at radius 2 is 1.67 bits per heavy atom. The molecular formula is C33H51N5O7SSi2. The minimum atomic E-state index is -3.06. The van der Waals surface area contributed by atoms with E-state index in [0.29, 0.717) is 24.2 Å². The second-order valence-corrected chi connectivity index (χ2v) is 23.6. The van der Waals surface area contributed by atoms with E-state index in [0.717, 1.165) is 0 Å². The van der Waals surface area contributed by atoms with Gasteiger partial charge in [-0.25, -0.2) is 4.98 Å². The summed E-state index contributed by atoms with van der Waals surface area (Å²) in [5, 5.41) is 3.08. The summed E-state index contributed by atoms with van der Waals surface area (Å²) in [5.41, 5.74) is 0.647. The van der Waals surface area contributed by atoms with Gasteiger partial charge in [0.05, 0.1) is 6.61 Å². The average Bonchev–Trinajstić information content (AvgIpc) is 3.57. The molecule has 0 spiro atoms. The van der Waals surface area contributed by atoms with Gasteiger partial charge in [-0.1, -0.05) is 87.4 Å². The molecule has 4 atom stereocenters. The third-order valence-corrected chi connectivity index (χ3v) is 19.6. The standard InChI is InChI=1S/C33H51N5O7SSi2/c1-19(2)16-34-32-36-29-26(30(39)37-32)38(18-35-29)31-28(43-33(46)41-24-14-12-11-13-15-24)27-25(42-31)17-40-47(20(3)4,21(5)6)45-48(44-27,22(7)8)23(9)10/h11-15,18-23,25,27-28,31H,16-17H2,1-10H3,(H2,34,36,37,39)/t25-,27-,28-,31-/m1/s1. The fraction of sp³-hybridized carbons (Fsp3) is 0.636. The summed E-state index contributed by atoms with van der Waals surface area (Å²) in [6, 6.07) is 9.20. The Morgan fingerprint density at radius 1 is 1.02 bits per heavy atom. The molecule has 2 aliphatic rings. The highest BCUT2D eigenvalue weighted by molar-refractivity contribution is 7.79. The average molecular weight is 718 g/mol. The molecular weight excluding hydrogens is 667 g/mol. The normalized spacial score (nSPS) is 23.9. The minimum absolute atomic E-state index is 0.0781. The van der Waals surface area contributed by atoms with Crippen molar-refractivity contribution in [1.82, 2.24) is 19.5 Å². The van der Waals surface area contributed by atoms with Crippen LogP contribution in [0.15, 0.2) is 41.5 Å². The molecule has 3 aromatic rings. The fourth-order valence-electron chi connectivity index (χ4n) is 6.72. The lowest BCUT2D eigenvalue weighted by Crippen LogP contribution is -2.66. The highest BCUT2D eigenvalue weighted by Gasteiger charge is 2.62. The molecule has 15 heteroatoms. The molecule has 2 aromatic heterocycles. The van der Waals surface area contributed by atoms with Gasteiger partial charge in [0.2, 0.25) is 5.95 Å². The number of aromatic nitrogens is 4. The van der Waals surface area contributed by atoms with Crippen LogP contribution in [0.1, 0.15) is 75.5 Å². The van der Waals surface area contributed by atoms with Crippen LogP contribution in [-0.2, 0) is 22.4 Å². The smallest absolute Gasteiger partial charge is 0.358 e. The first kappa shape index (κ1) is 36.6. The summed E-state index contributed by atoms with van der Waals surface area (Å²) in [6.45, 7) is 22.4. The zero-order valence-corrected chi connectivity index (χ0v) is 32.5. The molecule has 2 aliphatic heterocycles. The van der Waals surface area contributed by atoms with Crippen molar-refractivity contribution in [1.29, 1.82) is 0 Å². The van der Waals surface area contributed by atoms with E-state index in [1.54, 1.807) is 23.0 Å². The van der Waals surface area contributed by atoms with Crippen LogP contribution in [0.4, 0.5) is 5.95 Å². The Hall–Kier alpha value is -2.67. The lowest BCUT2D eigenvalue weighted by Gasteiger charge is -2.51. The number of hydrogen-bond acceptors (Lipinski definition) is 11. The van der Waals surface area contributed by atoms with E-state index in [9.17, 15) is 4.79 Å². The highest BCUT2D eigenvalue weighted by atomic mass is 32.1. The first-order valence-corrected chi connectivity index (χ1v) is 21.3. The van der Waals surface area contributed by atoms with Crippen LogP contribution < -0.4 is 15.6 Å². The molecule has 48 heavy (non-hydrogen) atoms. The van der Waals surface area contributed by atoms with Gasteiger partial charge in [0.25, 0.3) is 5.56 Å². The number of ether oxygens (including phenoxy) is 3. The van der Waals surface area contributed by atoms with E-state index < -0.39 is 41.7 Å². The summed E-state index contributed by atoms with van der Waals surface area (Å²) in [7, 11) is -5.89. The lowest BCUT2D eigenvalue weighted by molar-refractivity contribution is -0.0567. The van der Waals surface area contributed by atoms with Crippen molar-refractivity contribution < 1.29 is 27.2 Å². The molecule has 0 aliphatic carbocycles. The monoisotopic (exact) mass is 717 g/mol. The number of fused-ring (bicyclic) bond motifs is 2. The lowest BCUT2D eigenvalue weighted by atomic mass is 10.1. The van der Waals surface area contributed by atoms with E-state index in [4.69, 9.17) is 39.4 Å². The first-order chi connectivity index (χ1) is 22.7. The second kappa shape index (κ2) is 14.7. The molecule has 0 amide bonds. The van der Waals surface area contributed by atoms with Gasteiger partial charge >= 0.3 is 22.4 Å². The van der Waals surface area contributed by atoms with Crippen molar-refractivity contribution in [2.45, 2.75) is 116 Å². The number of rotatable bonds is 10. The van der Waals surface area contributed by atoms with Gasteiger partial charge in [0.1, 0.15) is 24.3 Å². The topological polar surface area (TPSA) is 131 Å². The van der Waals surface area contributed by atoms with Crippen LogP contribution >= 0.6 is 12.2 Å². The Balaban J connectivity index is 1.60. The number of H-pyrrole nitrogens is 1. The van der Waals surface area contributed by atoms with Gasteiger partial charge in [0, 0.05) is 18.8 Å². The van der Waals surface area contributed by atoms with Crippen LogP contribution in [0.3, 0.4) is 0 Å². The maximum atomic E-state index is 13.6. The number of nitrogens with zero attached hydrogens (tertiary/aromatic N) is 3. The largest absolute Gasteiger partial charge is 0.446 e. The number of imidazole rings is 1. The molecule has 264 valence electrons. The number of benzene rings is 1. The first-order valence-electron chi connectivity index (χ1n) is 17.0. The van der Waals surface area contributed by atoms with Gasteiger partial charge < -0.3 is 32.5 Å². The number of anilines is 1. The Kier molecular flexibility index (Phi) is 11.2. The van der Waals surface area contributed by atoms with Crippen LogP contribution in [0, 0.1) is 5.92 Å². The fourth-order valence-corrected chi connectivity index (χ4v) is 18.1. The third-order valence-electron chi connectivity index (χ3n) is 9.18. The second-order valence-electron chi connectivity index (χ2n) is 14.4.